The van der Waals surface area contributed by atoms with Crippen LogP contribution in [0.1, 0.15) is 34.3 Å². The van der Waals surface area contributed by atoms with Crippen molar-refractivity contribution in [2.24, 2.45) is 0 Å². The molecule has 1 amide bonds. The highest BCUT2D eigenvalue weighted by molar-refractivity contribution is 5.95. The molecule has 5 heteroatoms. The normalized spacial score (nSPS) is 19.2. The highest BCUT2D eigenvalue weighted by atomic mass is 16.5. The maximum absolute atomic E-state index is 13.2. The van der Waals surface area contributed by atoms with Crippen molar-refractivity contribution in [2.45, 2.75) is 38.3 Å². The minimum atomic E-state index is -0.482. The Morgan fingerprint density at radius 3 is 2.37 bits per heavy atom. The summed E-state index contributed by atoms with van der Waals surface area (Å²) in [4.78, 5) is 15.0. The van der Waals surface area contributed by atoms with E-state index in [0.717, 1.165) is 18.4 Å². The topological polar surface area (TPSA) is 59.0 Å². The zero-order valence-corrected chi connectivity index (χ0v) is 16.1. The summed E-state index contributed by atoms with van der Waals surface area (Å²) in [5.41, 5.74) is 2.62. The van der Waals surface area contributed by atoms with Gasteiger partial charge < -0.3 is 19.5 Å². The van der Waals surface area contributed by atoms with Crippen LogP contribution in [-0.2, 0) is 6.42 Å². The van der Waals surface area contributed by atoms with Gasteiger partial charge >= 0.3 is 0 Å². The van der Waals surface area contributed by atoms with E-state index in [1.54, 1.807) is 31.3 Å². The number of aliphatic hydroxyl groups excluding tert-OH is 1. The molecule has 144 valence electrons. The van der Waals surface area contributed by atoms with Gasteiger partial charge in [-0.05, 0) is 43.9 Å². The van der Waals surface area contributed by atoms with Crippen LogP contribution in [0.2, 0.25) is 0 Å². The summed E-state index contributed by atoms with van der Waals surface area (Å²) in [5, 5.41) is 10.2. The Balaban J connectivity index is 1.79. The lowest BCUT2D eigenvalue weighted by Crippen LogP contribution is -2.36. The number of nitrogens with zero attached hydrogens (tertiary/aromatic N) is 1. The lowest BCUT2D eigenvalue weighted by atomic mass is 10.0. The lowest BCUT2D eigenvalue weighted by molar-refractivity contribution is 0.0710. The molecular formula is C22H27NO4. The molecule has 1 saturated heterocycles. The molecule has 0 aliphatic carbocycles. The smallest absolute Gasteiger partial charge is 0.254 e. The van der Waals surface area contributed by atoms with E-state index in [2.05, 4.69) is 12.1 Å². The van der Waals surface area contributed by atoms with E-state index >= 15 is 0 Å². The number of hydrogen-bond donors (Lipinski definition) is 1. The Hall–Kier alpha value is -2.53. The van der Waals surface area contributed by atoms with E-state index in [1.165, 1.54) is 5.56 Å². The lowest BCUT2D eigenvalue weighted by Gasteiger charge is -2.25. The van der Waals surface area contributed by atoms with Crippen molar-refractivity contribution >= 4 is 5.91 Å². The van der Waals surface area contributed by atoms with Gasteiger partial charge in [-0.1, -0.05) is 30.3 Å². The number of ether oxygens (including phenoxy) is 2. The summed E-state index contributed by atoms with van der Waals surface area (Å²) in [6.07, 6.45) is 1.83. The number of rotatable bonds is 6. The SMILES string of the molecule is COc1cc(C(=O)N2C[C@@H](O)CC2CCc2ccccc2)cc(OC)c1C. The van der Waals surface area contributed by atoms with Gasteiger partial charge in [0.2, 0.25) is 0 Å². The monoisotopic (exact) mass is 369 g/mol. The van der Waals surface area contributed by atoms with Crippen LogP contribution in [-0.4, -0.2) is 48.8 Å². The van der Waals surface area contributed by atoms with E-state index in [1.807, 2.05) is 25.1 Å². The maximum atomic E-state index is 13.2. The molecule has 0 radical (unpaired) electrons. The molecule has 3 rings (SSSR count). The number of carbonyl (C=O) groups excluding carboxylic acids is 1. The van der Waals surface area contributed by atoms with Crippen LogP contribution in [0.15, 0.2) is 42.5 Å². The number of β-amino-alcohol motifs (C(OH)–C–C–N with tert-alkyl or cyclic N) is 1. The van der Waals surface area contributed by atoms with Gasteiger partial charge in [0.15, 0.2) is 0 Å². The third-order valence-electron chi connectivity index (χ3n) is 5.26. The van der Waals surface area contributed by atoms with Crippen LogP contribution < -0.4 is 9.47 Å². The molecule has 27 heavy (non-hydrogen) atoms. The maximum Gasteiger partial charge on any atom is 0.254 e. The van der Waals surface area contributed by atoms with Crippen LogP contribution in [0.3, 0.4) is 0 Å². The summed E-state index contributed by atoms with van der Waals surface area (Å²) < 4.78 is 10.8. The number of aliphatic hydroxyl groups is 1. The molecule has 2 aromatic rings. The van der Waals surface area contributed by atoms with Crippen molar-refractivity contribution < 1.29 is 19.4 Å². The molecule has 2 aromatic carbocycles. The van der Waals surface area contributed by atoms with Gasteiger partial charge in [-0.2, -0.15) is 0 Å². The van der Waals surface area contributed by atoms with Crippen LogP contribution in [0.4, 0.5) is 0 Å². The number of amides is 1. The van der Waals surface area contributed by atoms with Crippen molar-refractivity contribution in [3.8, 4) is 11.5 Å². The van der Waals surface area contributed by atoms with Crippen molar-refractivity contribution in [1.82, 2.24) is 4.90 Å². The Labute approximate surface area is 160 Å². The van der Waals surface area contributed by atoms with Gasteiger partial charge in [0, 0.05) is 23.7 Å². The summed E-state index contributed by atoms with van der Waals surface area (Å²) in [5.74, 6) is 1.15. The van der Waals surface area contributed by atoms with Crippen LogP contribution >= 0.6 is 0 Å². The second-order valence-electron chi connectivity index (χ2n) is 7.03. The standard InChI is InChI=1S/C22H27NO4/c1-15-20(26-2)11-17(12-21(15)27-3)22(25)23-14-19(24)13-18(23)10-9-16-7-5-4-6-8-16/h4-8,11-12,18-19,24H,9-10,13-14H2,1-3H3/t18?,19-/m0/s1. The van der Waals surface area contributed by atoms with E-state index < -0.39 is 6.10 Å². The predicted octanol–water partition coefficient (Wildman–Crippen LogP) is 3.22. The largest absolute Gasteiger partial charge is 0.496 e. The third kappa shape index (κ3) is 4.25. The summed E-state index contributed by atoms with van der Waals surface area (Å²) >= 11 is 0. The molecule has 1 heterocycles. The van der Waals surface area contributed by atoms with Crippen molar-refractivity contribution in [3.63, 3.8) is 0 Å². The van der Waals surface area contributed by atoms with Crippen molar-refractivity contribution in [2.75, 3.05) is 20.8 Å². The first kappa shape index (κ1) is 19.2. The average Bonchev–Trinajstić information content (AvgIpc) is 3.07. The molecular weight excluding hydrogens is 342 g/mol. The number of likely N-dealkylation sites (tertiary alicyclic amines) is 1. The first-order chi connectivity index (χ1) is 13.0. The molecule has 1 N–H and O–H groups in total. The van der Waals surface area contributed by atoms with Gasteiger partial charge in [-0.25, -0.2) is 0 Å². The average molecular weight is 369 g/mol. The fourth-order valence-corrected chi connectivity index (χ4v) is 3.77. The zero-order valence-electron chi connectivity index (χ0n) is 16.1. The predicted molar refractivity (Wildman–Crippen MR) is 104 cm³/mol. The van der Waals surface area contributed by atoms with Crippen LogP contribution in [0, 0.1) is 6.92 Å². The van der Waals surface area contributed by atoms with E-state index in [0.29, 0.717) is 30.0 Å². The fraction of sp³-hybridized carbons (Fsp3) is 0.409. The minimum Gasteiger partial charge on any atom is -0.496 e. The Bertz CT molecular complexity index is 765. The molecule has 1 aliphatic rings. The van der Waals surface area contributed by atoms with Gasteiger partial charge in [0.25, 0.3) is 5.91 Å². The Kier molecular flexibility index (Phi) is 6.01. The van der Waals surface area contributed by atoms with E-state index in [-0.39, 0.29) is 11.9 Å². The highest BCUT2D eigenvalue weighted by Gasteiger charge is 2.34. The molecule has 1 unspecified atom stereocenters. The molecule has 0 bridgehead atoms. The first-order valence-corrected chi connectivity index (χ1v) is 9.29. The number of carbonyl (C=O) groups is 1. The van der Waals surface area contributed by atoms with Gasteiger partial charge in [-0.3, -0.25) is 4.79 Å². The van der Waals surface area contributed by atoms with Crippen LogP contribution in [0.5, 0.6) is 11.5 Å². The second kappa shape index (κ2) is 8.44. The number of aryl methyl sites for hydroxylation is 1. The van der Waals surface area contributed by atoms with Crippen molar-refractivity contribution in [3.05, 3.63) is 59.2 Å². The quantitative estimate of drug-likeness (QED) is 0.849. The summed E-state index contributed by atoms with van der Waals surface area (Å²) in [6.45, 7) is 2.25. The highest BCUT2D eigenvalue weighted by Crippen LogP contribution is 2.32. The molecule has 1 fully saturated rings. The third-order valence-corrected chi connectivity index (χ3v) is 5.26. The molecule has 0 spiro atoms. The number of benzene rings is 2. The molecule has 0 aromatic heterocycles. The van der Waals surface area contributed by atoms with Crippen molar-refractivity contribution in [1.29, 1.82) is 0 Å². The molecule has 2 atom stereocenters. The number of methoxy groups -OCH3 is 2. The van der Waals surface area contributed by atoms with Crippen LogP contribution in [0.25, 0.3) is 0 Å². The summed E-state index contributed by atoms with van der Waals surface area (Å²) in [7, 11) is 3.16. The van der Waals surface area contributed by atoms with E-state index in [9.17, 15) is 9.90 Å². The molecule has 5 nitrogen and oxygen atoms in total. The number of hydrogen-bond acceptors (Lipinski definition) is 4. The van der Waals surface area contributed by atoms with Gasteiger partial charge in [-0.15, -0.1) is 0 Å². The zero-order chi connectivity index (χ0) is 19.4. The minimum absolute atomic E-state index is 0.0194. The Morgan fingerprint density at radius 1 is 1.15 bits per heavy atom. The first-order valence-electron chi connectivity index (χ1n) is 9.29. The van der Waals surface area contributed by atoms with Gasteiger partial charge in [0.1, 0.15) is 11.5 Å². The second-order valence-corrected chi connectivity index (χ2v) is 7.03. The molecule has 1 aliphatic heterocycles. The van der Waals surface area contributed by atoms with Gasteiger partial charge in [0.05, 0.1) is 20.3 Å². The summed E-state index contributed by atoms with van der Waals surface area (Å²) in [6, 6.07) is 13.7. The molecule has 0 saturated carbocycles. The Morgan fingerprint density at radius 2 is 1.78 bits per heavy atom. The van der Waals surface area contributed by atoms with E-state index in [4.69, 9.17) is 9.47 Å². The fourth-order valence-electron chi connectivity index (χ4n) is 3.77.